The molecule has 104 valence electrons. The molecule has 1 heterocycles. The second-order valence-corrected chi connectivity index (χ2v) is 4.93. The number of hydrogen-bond acceptors (Lipinski definition) is 5. The highest BCUT2D eigenvalue weighted by Crippen LogP contribution is 2.25. The summed E-state index contributed by atoms with van der Waals surface area (Å²) in [4.78, 5) is 11.5. The molecule has 0 spiro atoms. The largest absolute Gasteiger partial charge is 0.449 e. The number of nitrogens with zero attached hydrogens (tertiary/aromatic N) is 2. The van der Waals surface area contributed by atoms with Crippen LogP contribution in [0.2, 0.25) is 0 Å². The van der Waals surface area contributed by atoms with Crippen molar-refractivity contribution >= 4 is 5.78 Å². The van der Waals surface area contributed by atoms with E-state index in [0.717, 1.165) is 24.8 Å². The van der Waals surface area contributed by atoms with Crippen molar-refractivity contribution < 1.29 is 13.9 Å². The van der Waals surface area contributed by atoms with Gasteiger partial charge in [0.2, 0.25) is 0 Å². The maximum absolute atomic E-state index is 11.5. The molecule has 5 heteroatoms. The Kier molecular flexibility index (Phi) is 3.76. The molecule has 1 atom stereocenters. The van der Waals surface area contributed by atoms with Crippen LogP contribution in [0.4, 0.5) is 0 Å². The first-order chi connectivity index (χ1) is 9.83. The minimum Gasteiger partial charge on any atom is -0.449 e. The number of carbonyl (C=O) groups is 1. The van der Waals surface area contributed by atoms with Crippen molar-refractivity contribution in [1.29, 1.82) is 0 Å². The van der Waals surface area contributed by atoms with Gasteiger partial charge in [0.15, 0.2) is 0 Å². The van der Waals surface area contributed by atoms with Gasteiger partial charge in [0.05, 0.1) is 6.61 Å². The topological polar surface area (TPSA) is 65.2 Å². The van der Waals surface area contributed by atoms with Crippen LogP contribution in [0.3, 0.4) is 0 Å². The molecule has 0 saturated heterocycles. The Hall–Kier alpha value is -2.17. The highest BCUT2D eigenvalue weighted by molar-refractivity contribution is 5.82. The van der Waals surface area contributed by atoms with Gasteiger partial charge in [-0.05, 0) is 31.4 Å². The molecular formula is C15H16N2O3. The van der Waals surface area contributed by atoms with E-state index in [2.05, 4.69) is 10.2 Å². The average Bonchev–Trinajstić information content (AvgIpc) is 3.10. The Balaban J connectivity index is 1.54. The highest BCUT2D eigenvalue weighted by atomic mass is 16.6. The summed E-state index contributed by atoms with van der Waals surface area (Å²) in [6, 6.07) is 9.54. The first-order valence-electron chi connectivity index (χ1n) is 6.87. The van der Waals surface area contributed by atoms with E-state index < -0.39 is 0 Å². The number of carbonyl (C=O) groups excluding carboxylic acids is 1. The lowest BCUT2D eigenvalue weighted by Crippen LogP contribution is -2.11. The third-order valence-electron chi connectivity index (χ3n) is 3.55. The molecule has 1 aromatic carbocycles. The lowest BCUT2D eigenvalue weighted by molar-refractivity contribution is -0.121. The van der Waals surface area contributed by atoms with Crippen LogP contribution in [0.5, 0.6) is 6.08 Å². The van der Waals surface area contributed by atoms with Gasteiger partial charge in [-0.15, -0.1) is 5.10 Å². The number of rotatable bonds is 5. The van der Waals surface area contributed by atoms with E-state index in [1.165, 1.54) is 0 Å². The quantitative estimate of drug-likeness (QED) is 0.837. The molecule has 0 amide bonds. The fourth-order valence-corrected chi connectivity index (χ4v) is 2.45. The summed E-state index contributed by atoms with van der Waals surface area (Å²) in [5, 5.41) is 7.80. The van der Waals surface area contributed by atoms with Crippen molar-refractivity contribution in [3.8, 4) is 17.5 Å². The monoisotopic (exact) mass is 272 g/mol. The average molecular weight is 272 g/mol. The van der Waals surface area contributed by atoms with Crippen LogP contribution in [0.15, 0.2) is 34.7 Å². The molecule has 1 saturated carbocycles. The van der Waals surface area contributed by atoms with Crippen molar-refractivity contribution in [1.82, 2.24) is 10.2 Å². The summed E-state index contributed by atoms with van der Waals surface area (Å²) in [6.07, 6.45) is 3.57. The van der Waals surface area contributed by atoms with Crippen LogP contribution in [-0.4, -0.2) is 22.6 Å². The summed E-state index contributed by atoms with van der Waals surface area (Å²) in [5.41, 5.74) is 0.862. The summed E-state index contributed by atoms with van der Waals surface area (Å²) in [5.74, 6) is 0.938. The van der Waals surface area contributed by atoms with Crippen LogP contribution in [-0.2, 0) is 4.79 Å². The zero-order chi connectivity index (χ0) is 13.8. The normalized spacial score (nSPS) is 18.4. The van der Waals surface area contributed by atoms with Crippen molar-refractivity contribution in [2.24, 2.45) is 5.92 Å². The molecule has 1 aromatic heterocycles. The molecule has 0 radical (unpaired) electrons. The minimum absolute atomic E-state index is 0.145. The van der Waals surface area contributed by atoms with Gasteiger partial charge in [0.25, 0.3) is 5.89 Å². The number of ketones is 1. The standard InChI is InChI=1S/C15H16N2O3/c18-13-8-4-7-11(13)9-10-19-15-17-16-14(20-15)12-5-2-1-3-6-12/h1-3,5-6,11H,4,7-10H2. The molecule has 20 heavy (non-hydrogen) atoms. The molecule has 5 nitrogen and oxygen atoms in total. The van der Waals surface area contributed by atoms with Gasteiger partial charge in [-0.2, -0.15) is 0 Å². The van der Waals surface area contributed by atoms with Crippen molar-refractivity contribution in [2.45, 2.75) is 25.7 Å². The van der Waals surface area contributed by atoms with Crippen molar-refractivity contribution in [2.75, 3.05) is 6.61 Å². The van der Waals surface area contributed by atoms with Gasteiger partial charge in [-0.1, -0.05) is 23.3 Å². The zero-order valence-corrected chi connectivity index (χ0v) is 11.1. The van der Waals surface area contributed by atoms with E-state index in [-0.39, 0.29) is 12.0 Å². The van der Waals surface area contributed by atoms with Crippen LogP contribution < -0.4 is 4.74 Å². The Bertz CT molecular complexity index is 580. The first-order valence-corrected chi connectivity index (χ1v) is 6.87. The molecule has 1 aliphatic carbocycles. The van der Waals surface area contributed by atoms with Crippen LogP contribution in [0.1, 0.15) is 25.7 Å². The van der Waals surface area contributed by atoms with E-state index in [9.17, 15) is 4.79 Å². The maximum Gasteiger partial charge on any atom is 0.414 e. The summed E-state index contributed by atoms with van der Waals surface area (Å²) < 4.78 is 10.9. The number of hydrogen-bond donors (Lipinski definition) is 0. The van der Waals surface area contributed by atoms with Crippen LogP contribution in [0, 0.1) is 5.92 Å². The molecule has 2 aromatic rings. The van der Waals surface area contributed by atoms with Crippen molar-refractivity contribution in [3.05, 3.63) is 30.3 Å². The summed E-state index contributed by atoms with van der Waals surface area (Å²) >= 11 is 0. The highest BCUT2D eigenvalue weighted by Gasteiger charge is 2.24. The number of ether oxygens (including phenoxy) is 1. The zero-order valence-electron chi connectivity index (χ0n) is 11.1. The van der Waals surface area contributed by atoms with E-state index in [0.29, 0.717) is 24.7 Å². The molecule has 3 rings (SSSR count). The van der Waals surface area contributed by atoms with Gasteiger partial charge in [0.1, 0.15) is 5.78 Å². The predicted octanol–water partition coefficient (Wildman–Crippen LogP) is 2.87. The van der Waals surface area contributed by atoms with Crippen LogP contribution in [0.25, 0.3) is 11.5 Å². The van der Waals surface area contributed by atoms with Gasteiger partial charge in [-0.25, -0.2) is 0 Å². The second kappa shape index (κ2) is 5.86. The third kappa shape index (κ3) is 2.87. The molecule has 1 fully saturated rings. The van der Waals surface area contributed by atoms with E-state index >= 15 is 0 Å². The van der Waals surface area contributed by atoms with E-state index in [4.69, 9.17) is 9.15 Å². The number of Topliss-reactive ketones (excluding diaryl/α,β-unsaturated/α-hetero) is 1. The smallest absolute Gasteiger partial charge is 0.414 e. The van der Waals surface area contributed by atoms with E-state index in [1.54, 1.807) is 0 Å². The van der Waals surface area contributed by atoms with E-state index in [1.807, 2.05) is 30.3 Å². The van der Waals surface area contributed by atoms with Crippen molar-refractivity contribution in [3.63, 3.8) is 0 Å². The Morgan fingerprint density at radius 2 is 2.10 bits per heavy atom. The van der Waals surface area contributed by atoms with Gasteiger partial charge in [0, 0.05) is 17.9 Å². The predicted molar refractivity (Wildman–Crippen MR) is 72.2 cm³/mol. The molecule has 0 aliphatic heterocycles. The second-order valence-electron chi connectivity index (χ2n) is 4.93. The molecule has 1 unspecified atom stereocenters. The lowest BCUT2D eigenvalue weighted by Gasteiger charge is -2.06. The number of benzene rings is 1. The molecule has 1 aliphatic rings. The minimum atomic E-state index is 0.145. The first kappa shape index (κ1) is 12.8. The number of aromatic nitrogens is 2. The Labute approximate surface area is 117 Å². The third-order valence-corrected chi connectivity index (χ3v) is 3.55. The van der Waals surface area contributed by atoms with Gasteiger partial charge >= 0.3 is 6.08 Å². The Morgan fingerprint density at radius 3 is 2.85 bits per heavy atom. The SMILES string of the molecule is O=C1CCCC1CCOc1nnc(-c2ccccc2)o1. The molecular weight excluding hydrogens is 256 g/mol. The molecule has 0 N–H and O–H groups in total. The van der Waals surface area contributed by atoms with Gasteiger partial charge in [-0.3, -0.25) is 4.79 Å². The van der Waals surface area contributed by atoms with Crippen LogP contribution >= 0.6 is 0 Å². The lowest BCUT2D eigenvalue weighted by atomic mass is 10.0. The van der Waals surface area contributed by atoms with Gasteiger partial charge < -0.3 is 9.15 Å². The fraction of sp³-hybridized carbons (Fsp3) is 0.400. The summed E-state index contributed by atoms with van der Waals surface area (Å²) in [7, 11) is 0. The molecule has 0 bridgehead atoms. The fourth-order valence-electron chi connectivity index (χ4n) is 2.45. The summed E-state index contributed by atoms with van der Waals surface area (Å²) in [6.45, 7) is 0.437. The maximum atomic E-state index is 11.5. The Morgan fingerprint density at radius 1 is 1.25 bits per heavy atom.